The van der Waals surface area contributed by atoms with Gasteiger partial charge in [0.05, 0.1) is 18.5 Å². The van der Waals surface area contributed by atoms with Crippen molar-refractivity contribution in [2.45, 2.75) is 6.54 Å². The number of amides is 1. The highest BCUT2D eigenvalue weighted by Crippen LogP contribution is 2.25. The zero-order chi connectivity index (χ0) is 16.2. The van der Waals surface area contributed by atoms with Crippen LogP contribution in [0.15, 0.2) is 48.9 Å². The van der Waals surface area contributed by atoms with Crippen LogP contribution in [0, 0.1) is 0 Å². The lowest BCUT2D eigenvalue weighted by molar-refractivity contribution is -0.118. The average Bonchev–Trinajstić information content (AvgIpc) is 3.03. The van der Waals surface area contributed by atoms with Crippen LogP contribution in [0.5, 0.6) is 5.88 Å². The number of carbonyl (C=O) groups is 1. The van der Waals surface area contributed by atoms with Crippen molar-refractivity contribution in [1.29, 1.82) is 0 Å². The van der Waals surface area contributed by atoms with Crippen LogP contribution in [0.3, 0.4) is 0 Å². The van der Waals surface area contributed by atoms with Crippen LogP contribution >= 0.6 is 0 Å². The number of aromatic nitrogens is 4. The fraction of sp³-hybridized carbons (Fsp3) is 0.125. The summed E-state index contributed by atoms with van der Waals surface area (Å²) >= 11 is 0. The molecular weight excluding hydrogens is 294 g/mol. The lowest BCUT2D eigenvalue weighted by atomic mass is 10.1. The van der Waals surface area contributed by atoms with Crippen molar-refractivity contribution < 1.29 is 9.53 Å². The molecule has 0 aliphatic carbocycles. The summed E-state index contributed by atoms with van der Waals surface area (Å²) < 4.78 is 6.63. The molecule has 2 heterocycles. The Kier molecular flexibility index (Phi) is 4.01. The Balaban J connectivity index is 1.93. The molecule has 2 aromatic heterocycles. The molecular formula is C16H15N5O2. The van der Waals surface area contributed by atoms with Gasteiger partial charge in [0.15, 0.2) is 0 Å². The van der Waals surface area contributed by atoms with Crippen LogP contribution in [0.2, 0.25) is 0 Å². The molecule has 0 unspecified atom stereocenters. The monoisotopic (exact) mass is 309 g/mol. The molecule has 7 heteroatoms. The first-order chi connectivity index (χ1) is 11.2. The second kappa shape index (κ2) is 6.27. The van der Waals surface area contributed by atoms with E-state index < -0.39 is 5.91 Å². The average molecular weight is 309 g/mol. The molecule has 0 bridgehead atoms. The van der Waals surface area contributed by atoms with Gasteiger partial charge in [-0.25, -0.2) is 9.97 Å². The van der Waals surface area contributed by atoms with E-state index in [0.717, 1.165) is 22.5 Å². The molecule has 0 atom stereocenters. The van der Waals surface area contributed by atoms with Gasteiger partial charge in [0.1, 0.15) is 12.9 Å². The minimum atomic E-state index is -0.429. The molecule has 0 spiro atoms. The molecule has 0 saturated heterocycles. The fourth-order valence-corrected chi connectivity index (χ4v) is 2.21. The number of rotatable bonds is 5. The summed E-state index contributed by atoms with van der Waals surface area (Å²) in [6, 6.07) is 11.4. The molecule has 0 aliphatic heterocycles. The van der Waals surface area contributed by atoms with E-state index in [1.807, 2.05) is 30.3 Å². The fourth-order valence-electron chi connectivity index (χ4n) is 2.21. The highest BCUT2D eigenvalue weighted by atomic mass is 16.5. The van der Waals surface area contributed by atoms with Crippen LogP contribution < -0.4 is 10.5 Å². The maximum absolute atomic E-state index is 10.9. The standard InChI is InChI=1S/C16H15N5O2/c1-23-16-8-14(18-10-19-16)12-4-2-3-11(7-12)13-5-6-21(20-13)9-15(17)22/h2-8,10H,9H2,1H3,(H2,17,22). The van der Waals surface area contributed by atoms with Gasteiger partial charge in [-0.15, -0.1) is 0 Å². The minimum absolute atomic E-state index is 0.0583. The minimum Gasteiger partial charge on any atom is -0.481 e. The number of nitrogens with two attached hydrogens (primary N) is 1. The molecule has 23 heavy (non-hydrogen) atoms. The Hall–Kier alpha value is -3.22. The molecule has 1 aromatic carbocycles. The van der Waals surface area contributed by atoms with Crippen LogP contribution in [0.4, 0.5) is 0 Å². The third-order valence-electron chi connectivity index (χ3n) is 3.26. The topological polar surface area (TPSA) is 95.9 Å². The van der Waals surface area contributed by atoms with E-state index in [2.05, 4.69) is 15.1 Å². The van der Waals surface area contributed by atoms with Crippen molar-refractivity contribution in [3.63, 3.8) is 0 Å². The number of ether oxygens (including phenoxy) is 1. The summed E-state index contributed by atoms with van der Waals surface area (Å²) in [5.74, 6) is 0.0765. The second-order valence-electron chi connectivity index (χ2n) is 4.89. The number of methoxy groups -OCH3 is 1. The van der Waals surface area contributed by atoms with Crippen molar-refractivity contribution in [2.75, 3.05) is 7.11 Å². The lowest BCUT2D eigenvalue weighted by Gasteiger charge is -2.05. The largest absolute Gasteiger partial charge is 0.481 e. The van der Waals surface area contributed by atoms with Gasteiger partial charge in [-0.3, -0.25) is 9.48 Å². The third kappa shape index (κ3) is 3.34. The molecule has 2 N–H and O–H groups in total. The quantitative estimate of drug-likeness (QED) is 0.770. The maximum atomic E-state index is 10.9. The van der Waals surface area contributed by atoms with Crippen molar-refractivity contribution >= 4 is 5.91 Å². The molecule has 0 radical (unpaired) electrons. The normalized spacial score (nSPS) is 10.5. The van der Waals surface area contributed by atoms with Crippen molar-refractivity contribution in [2.24, 2.45) is 5.73 Å². The van der Waals surface area contributed by atoms with Crippen LogP contribution in [-0.2, 0) is 11.3 Å². The smallest absolute Gasteiger partial charge is 0.239 e. The predicted octanol–water partition coefficient (Wildman–Crippen LogP) is 1.50. The number of carbonyl (C=O) groups excluding carboxylic acids is 1. The van der Waals surface area contributed by atoms with Gasteiger partial charge in [0.25, 0.3) is 0 Å². The first-order valence-electron chi connectivity index (χ1n) is 6.94. The van der Waals surface area contributed by atoms with Crippen molar-refractivity contribution in [3.8, 4) is 28.4 Å². The highest BCUT2D eigenvalue weighted by Gasteiger charge is 2.07. The Labute approximate surface area is 132 Å². The van der Waals surface area contributed by atoms with E-state index in [9.17, 15) is 4.79 Å². The number of hydrogen-bond donors (Lipinski definition) is 1. The van der Waals surface area contributed by atoms with Gasteiger partial charge in [0.2, 0.25) is 11.8 Å². The Morgan fingerprint density at radius 3 is 2.70 bits per heavy atom. The summed E-state index contributed by atoms with van der Waals surface area (Å²) in [5.41, 5.74) is 8.54. The molecule has 0 aliphatic rings. The lowest BCUT2D eigenvalue weighted by Crippen LogP contribution is -2.18. The van der Waals surface area contributed by atoms with Gasteiger partial charge < -0.3 is 10.5 Å². The zero-order valence-corrected chi connectivity index (χ0v) is 12.5. The number of benzene rings is 1. The van der Waals surface area contributed by atoms with E-state index in [-0.39, 0.29) is 6.54 Å². The molecule has 1 amide bonds. The van der Waals surface area contributed by atoms with Gasteiger partial charge in [0, 0.05) is 23.4 Å². The molecule has 0 fully saturated rings. The van der Waals surface area contributed by atoms with Crippen molar-refractivity contribution in [1.82, 2.24) is 19.7 Å². The van der Waals surface area contributed by atoms with Crippen LogP contribution in [-0.4, -0.2) is 32.8 Å². The van der Waals surface area contributed by atoms with Crippen LogP contribution in [0.25, 0.3) is 22.5 Å². The maximum Gasteiger partial charge on any atom is 0.239 e. The van der Waals surface area contributed by atoms with Gasteiger partial charge in [-0.05, 0) is 12.1 Å². The summed E-state index contributed by atoms with van der Waals surface area (Å²) in [6.45, 7) is 0.0583. The SMILES string of the molecule is COc1cc(-c2cccc(-c3ccn(CC(N)=O)n3)c2)ncn1. The molecule has 7 nitrogen and oxygen atoms in total. The second-order valence-corrected chi connectivity index (χ2v) is 4.89. The van der Waals surface area contributed by atoms with E-state index >= 15 is 0 Å². The van der Waals surface area contributed by atoms with E-state index in [0.29, 0.717) is 5.88 Å². The first kappa shape index (κ1) is 14.7. The van der Waals surface area contributed by atoms with E-state index in [4.69, 9.17) is 10.5 Å². The summed E-state index contributed by atoms with van der Waals surface area (Å²) in [4.78, 5) is 19.2. The first-order valence-corrected chi connectivity index (χ1v) is 6.94. The van der Waals surface area contributed by atoms with Gasteiger partial charge in [-0.1, -0.05) is 18.2 Å². The van der Waals surface area contributed by atoms with Gasteiger partial charge in [-0.2, -0.15) is 5.10 Å². The predicted molar refractivity (Wildman–Crippen MR) is 84.4 cm³/mol. The highest BCUT2D eigenvalue weighted by molar-refractivity contribution is 5.73. The van der Waals surface area contributed by atoms with E-state index in [1.165, 1.54) is 11.0 Å². The van der Waals surface area contributed by atoms with E-state index in [1.54, 1.807) is 19.4 Å². The molecule has 116 valence electrons. The van der Waals surface area contributed by atoms with Crippen LogP contribution in [0.1, 0.15) is 0 Å². The Morgan fingerprint density at radius 1 is 1.17 bits per heavy atom. The molecule has 3 rings (SSSR count). The Morgan fingerprint density at radius 2 is 1.96 bits per heavy atom. The summed E-state index contributed by atoms with van der Waals surface area (Å²) in [7, 11) is 1.56. The molecule has 3 aromatic rings. The summed E-state index contributed by atoms with van der Waals surface area (Å²) in [6.07, 6.45) is 3.18. The number of nitrogens with zero attached hydrogens (tertiary/aromatic N) is 4. The number of hydrogen-bond acceptors (Lipinski definition) is 5. The number of primary amides is 1. The Bertz CT molecular complexity index is 844. The summed E-state index contributed by atoms with van der Waals surface area (Å²) in [5, 5.41) is 4.35. The van der Waals surface area contributed by atoms with Crippen molar-refractivity contribution in [3.05, 3.63) is 48.9 Å². The third-order valence-corrected chi connectivity index (χ3v) is 3.26. The molecule has 0 saturated carbocycles. The van der Waals surface area contributed by atoms with Gasteiger partial charge >= 0.3 is 0 Å². The zero-order valence-electron chi connectivity index (χ0n) is 12.5.